The smallest absolute Gasteiger partial charge is 0.227 e. The highest BCUT2D eigenvalue weighted by Crippen LogP contribution is 2.34. The Hall–Kier alpha value is -3.80. The number of anilines is 1. The summed E-state index contributed by atoms with van der Waals surface area (Å²) in [5.74, 6) is 2.83. The molecule has 5 rings (SSSR count). The van der Waals surface area contributed by atoms with Gasteiger partial charge < -0.3 is 18.9 Å². The molecular weight excluding hydrogens is 438 g/mol. The fraction of sp³-hybridized carbons (Fsp3) is 0.310. The Morgan fingerprint density at radius 1 is 1.00 bits per heavy atom. The Bertz CT molecular complexity index is 1340. The number of imidazole rings is 1. The van der Waals surface area contributed by atoms with Gasteiger partial charge in [-0.15, -0.1) is 0 Å². The summed E-state index contributed by atoms with van der Waals surface area (Å²) >= 11 is 0. The standard InChI is InChI=1S/C29H31N3O3/c1-20-9-14-26(21(2)17-20)32-19-22(18-28(32)33)29-30-25-7-4-5-8-27(25)31(29)15-6-16-35-24-12-10-23(34-3)11-13-24/h4-5,7-14,17,22H,6,15-16,18-19H2,1-3H3/t22-/m0/s1. The van der Waals surface area contributed by atoms with E-state index in [-0.39, 0.29) is 11.8 Å². The Morgan fingerprint density at radius 3 is 2.54 bits per heavy atom. The second-order valence-electron chi connectivity index (χ2n) is 9.18. The maximum absolute atomic E-state index is 13.0. The van der Waals surface area contributed by atoms with Gasteiger partial charge in [0.25, 0.3) is 0 Å². The molecule has 35 heavy (non-hydrogen) atoms. The van der Waals surface area contributed by atoms with Crippen LogP contribution in [-0.4, -0.2) is 35.7 Å². The number of ether oxygens (including phenoxy) is 2. The average molecular weight is 470 g/mol. The number of aromatic nitrogens is 2. The number of methoxy groups -OCH3 is 1. The molecule has 0 saturated carbocycles. The monoisotopic (exact) mass is 469 g/mol. The SMILES string of the molecule is COc1ccc(OCCCn2c([C@H]3CC(=O)N(c4ccc(C)cc4C)C3)nc3ccccc32)cc1. The number of benzene rings is 3. The minimum Gasteiger partial charge on any atom is -0.497 e. The number of amides is 1. The maximum Gasteiger partial charge on any atom is 0.227 e. The highest BCUT2D eigenvalue weighted by Gasteiger charge is 2.35. The van der Waals surface area contributed by atoms with Crippen molar-refractivity contribution in [3.8, 4) is 11.5 Å². The summed E-state index contributed by atoms with van der Waals surface area (Å²) in [4.78, 5) is 20.0. The molecule has 1 aliphatic rings. The predicted octanol–water partition coefficient (Wildman–Crippen LogP) is 5.65. The molecule has 3 aromatic carbocycles. The van der Waals surface area contributed by atoms with E-state index in [1.807, 2.05) is 47.4 Å². The molecule has 0 aliphatic carbocycles. The molecule has 1 aromatic heterocycles. The van der Waals surface area contributed by atoms with Crippen molar-refractivity contribution in [2.75, 3.05) is 25.2 Å². The van der Waals surface area contributed by atoms with Crippen molar-refractivity contribution in [3.63, 3.8) is 0 Å². The molecule has 0 radical (unpaired) electrons. The zero-order chi connectivity index (χ0) is 24.4. The largest absolute Gasteiger partial charge is 0.497 e. The highest BCUT2D eigenvalue weighted by atomic mass is 16.5. The molecule has 4 aromatic rings. The predicted molar refractivity (Wildman–Crippen MR) is 138 cm³/mol. The molecule has 0 spiro atoms. The summed E-state index contributed by atoms with van der Waals surface area (Å²) < 4.78 is 13.4. The quantitative estimate of drug-likeness (QED) is 0.313. The van der Waals surface area contributed by atoms with E-state index in [9.17, 15) is 4.79 Å². The van der Waals surface area contributed by atoms with E-state index in [1.54, 1.807) is 7.11 Å². The van der Waals surface area contributed by atoms with Crippen molar-refractivity contribution >= 4 is 22.6 Å². The molecule has 6 heteroatoms. The average Bonchev–Trinajstić information content (AvgIpc) is 3.42. The topological polar surface area (TPSA) is 56.6 Å². The highest BCUT2D eigenvalue weighted by molar-refractivity contribution is 5.97. The first-order valence-corrected chi connectivity index (χ1v) is 12.1. The van der Waals surface area contributed by atoms with E-state index >= 15 is 0 Å². The lowest BCUT2D eigenvalue weighted by Gasteiger charge is -2.20. The van der Waals surface area contributed by atoms with Crippen LogP contribution in [0.5, 0.6) is 11.5 Å². The number of nitrogens with zero attached hydrogens (tertiary/aromatic N) is 3. The van der Waals surface area contributed by atoms with Gasteiger partial charge in [-0.1, -0.05) is 29.8 Å². The van der Waals surface area contributed by atoms with Gasteiger partial charge in [-0.3, -0.25) is 4.79 Å². The van der Waals surface area contributed by atoms with Gasteiger partial charge >= 0.3 is 0 Å². The number of fused-ring (bicyclic) bond motifs is 1. The van der Waals surface area contributed by atoms with Crippen LogP contribution in [0, 0.1) is 13.8 Å². The summed E-state index contributed by atoms with van der Waals surface area (Å²) in [5, 5.41) is 0. The van der Waals surface area contributed by atoms with Gasteiger partial charge in [0.1, 0.15) is 17.3 Å². The van der Waals surface area contributed by atoms with E-state index in [1.165, 1.54) is 5.56 Å². The lowest BCUT2D eigenvalue weighted by Crippen LogP contribution is -2.25. The van der Waals surface area contributed by atoms with Gasteiger partial charge in [-0.25, -0.2) is 4.98 Å². The molecule has 6 nitrogen and oxygen atoms in total. The first-order valence-electron chi connectivity index (χ1n) is 12.1. The van der Waals surface area contributed by atoms with Gasteiger partial charge in [0.15, 0.2) is 0 Å². The van der Waals surface area contributed by atoms with Crippen LogP contribution in [0.15, 0.2) is 66.7 Å². The maximum atomic E-state index is 13.0. The van der Waals surface area contributed by atoms with Gasteiger partial charge in [0.05, 0.1) is 24.8 Å². The van der Waals surface area contributed by atoms with E-state index in [2.05, 4.69) is 42.7 Å². The van der Waals surface area contributed by atoms with E-state index < -0.39 is 0 Å². The lowest BCUT2D eigenvalue weighted by atomic mass is 10.1. The van der Waals surface area contributed by atoms with Crippen LogP contribution in [0.3, 0.4) is 0 Å². The summed E-state index contributed by atoms with van der Waals surface area (Å²) in [6.07, 6.45) is 1.31. The third-order valence-corrected chi connectivity index (χ3v) is 6.67. The number of aryl methyl sites for hydroxylation is 3. The molecule has 2 heterocycles. The molecule has 1 fully saturated rings. The van der Waals surface area contributed by atoms with Crippen LogP contribution >= 0.6 is 0 Å². The zero-order valence-electron chi connectivity index (χ0n) is 20.5. The third kappa shape index (κ3) is 4.74. The fourth-order valence-corrected chi connectivity index (χ4v) is 4.95. The zero-order valence-corrected chi connectivity index (χ0v) is 20.5. The summed E-state index contributed by atoms with van der Waals surface area (Å²) in [6, 6.07) is 22.1. The second-order valence-corrected chi connectivity index (χ2v) is 9.18. The molecule has 1 saturated heterocycles. The molecule has 1 amide bonds. The first-order chi connectivity index (χ1) is 17.0. The Morgan fingerprint density at radius 2 is 1.77 bits per heavy atom. The molecule has 0 bridgehead atoms. The van der Waals surface area contributed by atoms with Crippen molar-refractivity contribution in [3.05, 3.63) is 83.7 Å². The number of hydrogen-bond donors (Lipinski definition) is 0. The molecular formula is C29H31N3O3. The molecule has 1 atom stereocenters. The second kappa shape index (κ2) is 9.82. The van der Waals surface area contributed by atoms with Gasteiger partial charge in [0.2, 0.25) is 5.91 Å². The van der Waals surface area contributed by atoms with Gasteiger partial charge in [-0.2, -0.15) is 0 Å². The van der Waals surface area contributed by atoms with E-state index in [4.69, 9.17) is 14.5 Å². The van der Waals surface area contributed by atoms with Crippen molar-refractivity contribution in [2.24, 2.45) is 0 Å². The summed E-state index contributed by atoms with van der Waals surface area (Å²) in [5.41, 5.74) is 5.40. The van der Waals surface area contributed by atoms with E-state index in [0.29, 0.717) is 19.6 Å². The number of carbonyl (C=O) groups is 1. The minimum atomic E-state index is 0.0538. The minimum absolute atomic E-state index is 0.0538. The van der Waals surface area contributed by atoms with Crippen LogP contribution < -0.4 is 14.4 Å². The number of hydrogen-bond acceptors (Lipinski definition) is 4. The van der Waals surface area contributed by atoms with Crippen LogP contribution in [-0.2, 0) is 11.3 Å². The normalized spacial score (nSPS) is 15.7. The summed E-state index contributed by atoms with van der Waals surface area (Å²) in [7, 11) is 1.65. The van der Waals surface area contributed by atoms with Crippen LogP contribution in [0.25, 0.3) is 11.0 Å². The Labute approximate surface area is 206 Å². The number of para-hydroxylation sites is 2. The van der Waals surface area contributed by atoms with Crippen LogP contribution in [0.2, 0.25) is 0 Å². The van der Waals surface area contributed by atoms with Crippen molar-refractivity contribution in [1.82, 2.24) is 9.55 Å². The number of carbonyl (C=O) groups excluding carboxylic acids is 1. The lowest BCUT2D eigenvalue weighted by molar-refractivity contribution is -0.117. The summed E-state index contributed by atoms with van der Waals surface area (Å²) in [6.45, 7) is 6.16. The fourth-order valence-electron chi connectivity index (χ4n) is 4.95. The van der Waals surface area contributed by atoms with Crippen molar-refractivity contribution < 1.29 is 14.3 Å². The van der Waals surface area contributed by atoms with Crippen molar-refractivity contribution in [1.29, 1.82) is 0 Å². The van der Waals surface area contributed by atoms with E-state index in [0.717, 1.165) is 52.6 Å². The van der Waals surface area contributed by atoms with Crippen LogP contribution in [0.4, 0.5) is 5.69 Å². The molecule has 180 valence electrons. The third-order valence-electron chi connectivity index (χ3n) is 6.67. The van der Waals surface area contributed by atoms with Gasteiger partial charge in [0, 0.05) is 31.1 Å². The van der Waals surface area contributed by atoms with Crippen molar-refractivity contribution in [2.45, 2.75) is 39.2 Å². The Balaban J connectivity index is 1.33. The van der Waals surface area contributed by atoms with Gasteiger partial charge in [-0.05, 0) is 68.3 Å². The Kier molecular flexibility index (Phi) is 6.45. The number of rotatable bonds is 8. The first kappa shape index (κ1) is 23.0. The van der Waals surface area contributed by atoms with Crippen LogP contribution in [0.1, 0.15) is 35.7 Å². The molecule has 0 unspecified atom stereocenters. The molecule has 1 aliphatic heterocycles. The molecule has 0 N–H and O–H groups in total.